The number of fused-ring (bicyclic) bond motifs is 10. The van der Waals surface area contributed by atoms with Gasteiger partial charge in [0.1, 0.15) is 0 Å². The molecule has 0 radical (unpaired) electrons. The van der Waals surface area contributed by atoms with Crippen LogP contribution >= 0.6 is 0 Å². The van der Waals surface area contributed by atoms with Gasteiger partial charge in [-0.3, -0.25) is 0 Å². The Balaban J connectivity index is 0.826. The average molecular weight is 858 g/mol. The van der Waals surface area contributed by atoms with Crippen LogP contribution in [0.5, 0.6) is 0 Å². The summed E-state index contributed by atoms with van der Waals surface area (Å²) in [5, 5.41) is 26.3. The van der Waals surface area contributed by atoms with Crippen molar-refractivity contribution in [2.24, 2.45) is 0 Å². The normalized spacial score (nSPS) is 15.2. The Kier molecular flexibility index (Phi) is 8.98. The van der Waals surface area contributed by atoms with Crippen LogP contribution in [-0.4, -0.2) is 13.7 Å². The van der Waals surface area contributed by atoms with E-state index in [1.807, 2.05) is 36.4 Å². The molecule has 1 aliphatic rings. The van der Waals surface area contributed by atoms with Crippen molar-refractivity contribution >= 4 is 65.4 Å². The molecule has 3 aromatic heterocycles. The summed E-state index contributed by atoms with van der Waals surface area (Å²) in [6.45, 7) is 0. The maximum Gasteiger partial charge on any atom is 0.0991 e. The minimum absolute atomic E-state index is 0.432. The monoisotopic (exact) mass is 857 g/mol. The molecule has 316 valence electrons. The standard InChI is InChI=1S/C62H43N5/c63-38-40-18-33-58-54(36-40)55-37-41(39-64)19-34-59(55)65(58)47-30-26-45(27-31-47)50-13-5-4-12-49(50)44-22-20-42(21-23-44)43-24-28-48(29-25-43)67-56-16-8-6-14-51(56)52-32-35-60-61(62(52)67)53-15-7-9-17-57(53)66(60)46-10-2-1-3-11-46/h1-3,6-11,14-37,49-50H,4-5,12-13H2/t49-,50?/m1/s1. The Morgan fingerprint density at radius 2 is 0.806 bits per heavy atom. The van der Waals surface area contributed by atoms with E-state index in [1.165, 1.54) is 85.1 Å². The van der Waals surface area contributed by atoms with Gasteiger partial charge < -0.3 is 13.7 Å². The van der Waals surface area contributed by atoms with Crippen LogP contribution in [0.4, 0.5) is 0 Å². The number of benzene rings is 9. The van der Waals surface area contributed by atoms with E-state index >= 15 is 0 Å². The summed E-state index contributed by atoms with van der Waals surface area (Å²) in [6.07, 6.45) is 4.81. The lowest BCUT2D eigenvalue weighted by Gasteiger charge is -2.32. The van der Waals surface area contributed by atoms with E-state index in [4.69, 9.17) is 0 Å². The first-order chi connectivity index (χ1) is 33.1. The highest BCUT2D eigenvalue weighted by Crippen LogP contribution is 2.46. The molecule has 1 saturated carbocycles. The molecular weight excluding hydrogens is 815 g/mol. The Morgan fingerprint density at radius 1 is 0.358 bits per heavy atom. The number of nitrogens with zero attached hydrogens (tertiary/aromatic N) is 5. The van der Waals surface area contributed by atoms with Crippen molar-refractivity contribution in [2.45, 2.75) is 37.5 Å². The second-order valence-corrected chi connectivity index (χ2v) is 18.2. The second kappa shape index (κ2) is 15.5. The third-order valence-electron chi connectivity index (χ3n) is 14.7. The highest BCUT2D eigenvalue weighted by Gasteiger charge is 2.28. The predicted molar refractivity (Wildman–Crippen MR) is 275 cm³/mol. The maximum atomic E-state index is 9.67. The van der Waals surface area contributed by atoms with Crippen molar-refractivity contribution in [3.8, 4) is 40.3 Å². The van der Waals surface area contributed by atoms with Crippen molar-refractivity contribution in [3.63, 3.8) is 0 Å². The molecule has 67 heavy (non-hydrogen) atoms. The zero-order valence-electron chi connectivity index (χ0n) is 36.8. The lowest BCUT2D eigenvalue weighted by atomic mass is 9.72. The van der Waals surface area contributed by atoms with Gasteiger partial charge in [0.2, 0.25) is 0 Å². The summed E-state index contributed by atoms with van der Waals surface area (Å²) in [4.78, 5) is 0. The first-order valence-corrected chi connectivity index (χ1v) is 23.4. The molecule has 1 fully saturated rings. The van der Waals surface area contributed by atoms with E-state index in [9.17, 15) is 10.5 Å². The third kappa shape index (κ3) is 6.13. The van der Waals surface area contributed by atoms with Gasteiger partial charge in [-0.25, -0.2) is 0 Å². The number of rotatable bonds is 6. The Hall–Kier alpha value is -8.64. The first-order valence-electron chi connectivity index (χ1n) is 23.4. The van der Waals surface area contributed by atoms with Crippen LogP contribution in [-0.2, 0) is 0 Å². The number of aromatic nitrogens is 3. The highest BCUT2D eigenvalue weighted by molar-refractivity contribution is 6.26. The van der Waals surface area contributed by atoms with Crippen molar-refractivity contribution in [1.29, 1.82) is 10.5 Å². The largest absolute Gasteiger partial charge is 0.309 e. The zero-order valence-corrected chi connectivity index (χ0v) is 36.8. The molecule has 3 heterocycles. The fraction of sp³-hybridized carbons (Fsp3) is 0.0968. The molecule has 1 aliphatic carbocycles. The first kappa shape index (κ1) is 38.8. The van der Waals surface area contributed by atoms with Crippen LogP contribution in [0.3, 0.4) is 0 Å². The van der Waals surface area contributed by atoms with Gasteiger partial charge in [0.25, 0.3) is 0 Å². The van der Waals surface area contributed by atoms with E-state index < -0.39 is 0 Å². The van der Waals surface area contributed by atoms with Crippen molar-refractivity contribution in [2.75, 3.05) is 0 Å². The lowest BCUT2D eigenvalue weighted by molar-refractivity contribution is 0.386. The average Bonchev–Trinajstić information content (AvgIpc) is 4.04. The molecule has 0 bridgehead atoms. The SMILES string of the molecule is N#Cc1ccc2c(c1)c1cc(C#N)ccc1n2-c1ccc(C2CCCC[C@@H]2c2ccc(-c3ccc(-n4c5ccccc5c5ccc6c(c7ccccc7n6-c6ccccc6)c54)cc3)cc2)cc1. The van der Waals surface area contributed by atoms with Gasteiger partial charge >= 0.3 is 0 Å². The van der Waals surface area contributed by atoms with E-state index in [0.29, 0.717) is 23.0 Å². The lowest BCUT2D eigenvalue weighted by Crippen LogP contribution is -2.16. The van der Waals surface area contributed by atoms with Crippen LogP contribution in [0, 0.1) is 22.7 Å². The van der Waals surface area contributed by atoms with Crippen LogP contribution in [0.25, 0.3) is 93.6 Å². The highest BCUT2D eigenvalue weighted by atomic mass is 15.0. The summed E-state index contributed by atoms with van der Waals surface area (Å²) in [5.41, 5.74) is 16.7. The third-order valence-corrected chi connectivity index (χ3v) is 14.7. The van der Waals surface area contributed by atoms with Gasteiger partial charge in [-0.05, 0) is 138 Å². The summed E-state index contributed by atoms with van der Waals surface area (Å²) in [5.74, 6) is 0.875. The topological polar surface area (TPSA) is 62.4 Å². The molecule has 9 aromatic carbocycles. The molecule has 0 aliphatic heterocycles. The maximum absolute atomic E-state index is 9.67. The Labute approximate surface area is 388 Å². The van der Waals surface area contributed by atoms with Gasteiger partial charge in [0.15, 0.2) is 0 Å². The zero-order chi connectivity index (χ0) is 44.6. The summed E-state index contributed by atoms with van der Waals surface area (Å²) in [7, 11) is 0. The molecule has 0 N–H and O–H groups in total. The second-order valence-electron chi connectivity index (χ2n) is 18.2. The fourth-order valence-corrected chi connectivity index (χ4v) is 11.6. The Bertz CT molecular complexity index is 3910. The smallest absolute Gasteiger partial charge is 0.0991 e. The van der Waals surface area contributed by atoms with Crippen molar-refractivity contribution in [1.82, 2.24) is 13.7 Å². The molecule has 0 amide bonds. The van der Waals surface area contributed by atoms with E-state index in [2.05, 4.69) is 190 Å². The summed E-state index contributed by atoms with van der Waals surface area (Å²) in [6, 6.07) is 76.8. The van der Waals surface area contributed by atoms with Crippen molar-refractivity contribution < 1.29 is 0 Å². The molecular formula is C62H43N5. The molecule has 12 aromatic rings. The molecule has 5 nitrogen and oxygen atoms in total. The molecule has 13 rings (SSSR count). The van der Waals surface area contributed by atoms with Gasteiger partial charge in [-0.1, -0.05) is 122 Å². The van der Waals surface area contributed by atoms with Gasteiger partial charge in [-0.2, -0.15) is 10.5 Å². The molecule has 1 unspecified atom stereocenters. The van der Waals surface area contributed by atoms with Crippen LogP contribution < -0.4 is 0 Å². The quantitative estimate of drug-likeness (QED) is 0.167. The molecule has 2 atom stereocenters. The predicted octanol–water partition coefficient (Wildman–Crippen LogP) is 15.8. The number of para-hydroxylation sites is 3. The molecule has 0 saturated heterocycles. The summed E-state index contributed by atoms with van der Waals surface area (Å²) < 4.78 is 7.13. The Morgan fingerprint density at radius 3 is 1.42 bits per heavy atom. The van der Waals surface area contributed by atoms with Crippen molar-refractivity contribution in [3.05, 3.63) is 222 Å². The van der Waals surface area contributed by atoms with E-state index in [0.717, 1.165) is 45.3 Å². The number of hydrogen-bond acceptors (Lipinski definition) is 2. The van der Waals surface area contributed by atoms with Crippen LogP contribution in [0.15, 0.2) is 200 Å². The number of hydrogen-bond donors (Lipinski definition) is 0. The van der Waals surface area contributed by atoms with Gasteiger partial charge in [-0.15, -0.1) is 0 Å². The minimum atomic E-state index is 0.432. The van der Waals surface area contributed by atoms with Crippen LogP contribution in [0.2, 0.25) is 0 Å². The molecule has 0 spiro atoms. The van der Waals surface area contributed by atoms with Crippen LogP contribution in [0.1, 0.15) is 59.8 Å². The van der Waals surface area contributed by atoms with E-state index in [1.54, 1.807) is 0 Å². The minimum Gasteiger partial charge on any atom is -0.309 e. The fourth-order valence-electron chi connectivity index (χ4n) is 11.6. The molecule has 5 heteroatoms. The van der Waals surface area contributed by atoms with Gasteiger partial charge in [0.05, 0.1) is 56.4 Å². The summed E-state index contributed by atoms with van der Waals surface area (Å²) >= 11 is 0. The van der Waals surface area contributed by atoms with Gasteiger partial charge in [0, 0.05) is 49.4 Å². The van der Waals surface area contributed by atoms with E-state index in [-0.39, 0.29) is 0 Å². The number of nitriles is 2.